The van der Waals surface area contributed by atoms with Crippen molar-refractivity contribution in [1.82, 2.24) is 15.1 Å². The fourth-order valence-corrected chi connectivity index (χ4v) is 1.73. The van der Waals surface area contributed by atoms with E-state index in [1.54, 1.807) is 0 Å². The number of benzene rings is 1. The van der Waals surface area contributed by atoms with Crippen LogP contribution >= 0.6 is 12.2 Å². The summed E-state index contributed by atoms with van der Waals surface area (Å²) < 4.78 is 0. The van der Waals surface area contributed by atoms with Gasteiger partial charge in [-0.2, -0.15) is 0 Å². The van der Waals surface area contributed by atoms with Crippen LogP contribution in [0.5, 0.6) is 0 Å². The number of rotatable bonds is 5. The first-order valence-corrected chi connectivity index (χ1v) is 6.59. The molecule has 18 heavy (non-hydrogen) atoms. The van der Waals surface area contributed by atoms with Crippen molar-refractivity contribution in [3.05, 3.63) is 35.4 Å². The van der Waals surface area contributed by atoms with Crippen molar-refractivity contribution in [3.8, 4) is 0 Å². The van der Waals surface area contributed by atoms with Crippen LogP contribution in [0.4, 0.5) is 0 Å². The number of thiocarbonyl (C=S) groups is 1. The van der Waals surface area contributed by atoms with Crippen LogP contribution in [-0.4, -0.2) is 49.1 Å². The molecule has 0 aliphatic carbocycles. The predicted molar refractivity (Wildman–Crippen MR) is 81.8 cm³/mol. The Labute approximate surface area is 116 Å². The first kappa shape index (κ1) is 14.9. The molecular formula is C14H23N3S. The summed E-state index contributed by atoms with van der Waals surface area (Å²) in [6.07, 6.45) is 0. The maximum Gasteiger partial charge on any atom is 0.169 e. The van der Waals surface area contributed by atoms with E-state index in [1.165, 1.54) is 11.1 Å². The van der Waals surface area contributed by atoms with E-state index in [9.17, 15) is 0 Å². The van der Waals surface area contributed by atoms with E-state index in [0.29, 0.717) is 0 Å². The van der Waals surface area contributed by atoms with Crippen molar-refractivity contribution < 1.29 is 0 Å². The van der Waals surface area contributed by atoms with E-state index < -0.39 is 0 Å². The van der Waals surface area contributed by atoms with Crippen molar-refractivity contribution in [1.29, 1.82) is 0 Å². The summed E-state index contributed by atoms with van der Waals surface area (Å²) in [7, 11) is 6.13. The van der Waals surface area contributed by atoms with Gasteiger partial charge in [-0.05, 0) is 38.8 Å². The Morgan fingerprint density at radius 1 is 1.17 bits per heavy atom. The molecule has 0 spiro atoms. The molecule has 1 aromatic rings. The second kappa shape index (κ2) is 7.34. The topological polar surface area (TPSA) is 18.5 Å². The lowest BCUT2D eigenvalue weighted by Crippen LogP contribution is -2.39. The summed E-state index contributed by atoms with van der Waals surface area (Å²) in [5.41, 5.74) is 2.56. The van der Waals surface area contributed by atoms with Gasteiger partial charge in [-0.15, -0.1) is 0 Å². The minimum Gasteiger partial charge on any atom is -0.361 e. The fourth-order valence-electron chi connectivity index (χ4n) is 1.56. The molecule has 3 nitrogen and oxygen atoms in total. The predicted octanol–water partition coefficient (Wildman–Crippen LogP) is 1.86. The molecule has 0 fully saturated rings. The quantitative estimate of drug-likeness (QED) is 0.819. The first-order valence-electron chi connectivity index (χ1n) is 6.18. The Hall–Kier alpha value is -1.13. The Morgan fingerprint density at radius 3 is 2.33 bits per heavy atom. The number of aryl methyl sites for hydroxylation is 1. The van der Waals surface area contributed by atoms with Gasteiger partial charge < -0.3 is 15.1 Å². The molecule has 0 heterocycles. The van der Waals surface area contributed by atoms with Crippen LogP contribution in [0.3, 0.4) is 0 Å². The molecule has 0 saturated carbocycles. The molecule has 0 atom stereocenters. The van der Waals surface area contributed by atoms with Gasteiger partial charge in [0.15, 0.2) is 5.11 Å². The minimum atomic E-state index is 0.803. The molecule has 0 aliphatic rings. The van der Waals surface area contributed by atoms with Crippen molar-refractivity contribution in [2.75, 3.05) is 34.2 Å². The fraction of sp³-hybridized carbons (Fsp3) is 0.500. The minimum absolute atomic E-state index is 0.803. The van der Waals surface area contributed by atoms with Crippen molar-refractivity contribution >= 4 is 17.3 Å². The first-order chi connectivity index (χ1) is 8.49. The van der Waals surface area contributed by atoms with E-state index in [-0.39, 0.29) is 0 Å². The van der Waals surface area contributed by atoms with Gasteiger partial charge in [0.2, 0.25) is 0 Å². The lowest BCUT2D eigenvalue weighted by Gasteiger charge is -2.22. The molecule has 4 heteroatoms. The number of hydrogen-bond acceptors (Lipinski definition) is 2. The van der Waals surface area contributed by atoms with E-state index >= 15 is 0 Å². The van der Waals surface area contributed by atoms with Gasteiger partial charge in [-0.25, -0.2) is 0 Å². The molecule has 1 N–H and O–H groups in total. The Morgan fingerprint density at radius 2 is 1.78 bits per heavy atom. The monoisotopic (exact) mass is 265 g/mol. The van der Waals surface area contributed by atoms with Crippen LogP contribution in [0.15, 0.2) is 24.3 Å². The normalized spacial score (nSPS) is 10.5. The summed E-state index contributed by atoms with van der Waals surface area (Å²) in [4.78, 5) is 4.20. The summed E-state index contributed by atoms with van der Waals surface area (Å²) in [6.45, 7) is 4.80. The number of likely N-dealkylation sites (N-methyl/N-ethyl adjacent to an activating group) is 1. The molecule has 100 valence electrons. The Balaban J connectivity index is 2.37. The average molecular weight is 265 g/mol. The second-order valence-electron chi connectivity index (χ2n) is 4.88. The van der Waals surface area contributed by atoms with Crippen molar-refractivity contribution in [2.45, 2.75) is 13.5 Å². The molecule has 0 saturated heterocycles. The third-order valence-corrected chi connectivity index (χ3v) is 3.18. The van der Waals surface area contributed by atoms with Crippen LogP contribution in [-0.2, 0) is 6.54 Å². The highest BCUT2D eigenvalue weighted by atomic mass is 32.1. The van der Waals surface area contributed by atoms with E-state index in [4.69, 9.17) is 12.2 Å². The molecule has 0 bridgehead atoms. The van der Waals surface area contributed by atoms with Crippen LogP contribution < -0.4 is 5.32 Å². The standard InChI is InChI=1S/C14H23N3S/c1-12-5-7-13(8-6-12)11-17(4)14(18)15-9-10-16(2)3/h5-8H,9-11H2,1-4H3,(H,15,18). The van der Waals surface area contributed by atoms with Gasteiger partial charge in [0.1, 0.15) is 0 Å². The van der Waals surface area contributed by atoms with Crippen molar-refractivity contribution in [2.24, 2.45) is 0 Å². The molecule has 0 unspecified atom stereocenters. The molecule has 1 aromatic carbocycles. The summed E-state index contributed by atoms with van der Waals surface area (Å²) in [5, 5.41) is 4.06. The number of nitrogens with zero attached hydrogens (tertiary/aromatic N) is 2. The number of hydrogen-bond donors (Lipinski definition) is 1. The third kappa shape index (κ3) is 5.47. The summed E-state index contributed by atoms with van der Waals surface area (Å²) >= 11 is 5.35. The zero-order chi connectivity index (χ0) is 13.5. The third-order valence-electron chi connectivity index (χ3n) is 2.72. The maximum atomic E-state index is 5.35. The smallest absolute Gasteiger partial charge is 0.169 e. The zero-order valence-corrected chi connectivity index (χ0v) is 12.5. The van der Waals surface area contributed by atoms with Crippen LogP contribution in [0.2, 0.25) is 0 Å². The zero-order valence-electron chi connectivity index (χ0n) is 11.7. The van der Waals surface area contributed by atoms with Crippen LogP contribution in [0.1, 0.15) is 11.1 Å². The lowest BCUT2D eigenvalue weighted by atomic mass is 10.1. The largest absolute Gasteiger partial charge is 0.361 e. The molecule has 0 aliphatic heterocycles. The van der Waals surface area contributed by atoms with Crippen molar-refractivity contribution in [3.63, 3.8) is 0 Å². The summed E-state index contributed by atoms with van der Waals surface area (Å²) in [5.74, 6) is 0. The average Bonchev–Trinajstić information content (AvgIpc) is 2.31. The Kier molecular flexibility index (Phi) is 6.09. The van der Waals surface area contributed by atoms with Crippen LogP contribution in [0.25, 0.3) is 0 Å². The lowest BCUT2D eigenvalue weighted by molar-refractivity contribution is 0.406. The van der Waals surface area contributed by atoms with Gasteiger partial charge in [0.05, 0.1) is 0 Å². The van der Waals surface area contributed by atoms with E-state index in [2.05, 4.69) is 60.4 Å². The Bertz CT molecular complexity index is 373. The molecule has 0 aromatic heterocycles. The molecule has 1 rings (SSSR count). The number of nitrogens with one attached hydrogen (secondary N) is 1. The molecule has 0 amide bonds. The van der Waals surface area contributed by atoms with Gasteiger partial charge >= 0.3 is 0 Å². The maximum absolute atomic E-state index is 5.35. The van der Waals surface area contributed by atoms with Gasteiger partial charge in [0.25, 0.3) is 0 Å². The highest BCUT2D eigenvalue weighted by molar-refractivity contribution is 7.80. The summed E-state index contributed by atoms with van der Waals surface area (Å²) in [6, 6.07) is 8.56. The highest BCUT2D eigenvalue weighted by Gasteiger charge is 2.04. The van der Waals surface area contributed by atoms with E-state index in [0.717, 1.165) is 24.7 Å². The van der Waals surface area contributed by atoms with E-state index in [1.807, 2.05) is 7.05 Å². The van der Waals surface area contributed by atoms with Gasteiger partial charge in [-0.3, -0.25) is 0 Å². The SMILES string of the molecule is Cc1ccc(CN(C)C(=S)NCCN(C)C)cc1. The van der Waals surface area contributed by atoms with Gasteiger partial charge in [-0.1, -0.05) is 29.8 Å². The molecule has 0 radical (unpaired) electrons. The van der Waals surface area contributed by atoms with Gasteiger partial charge in [0, 0.05) is 26.7 Å². The second-order valence-corrected chi connectivity index (χ2v) is 5.26. The molecular weight excluding hydrogens is 242 g/mol. The highest BCUT2D eigenvalue weighted by Crippen LogP contribution is 2.05. The van der Waals surface area contributed by atoms with Crippen LogP contribution in [0, 0.1) is 6.92 Å².